The molecule has 1 spiro atoms. The van der Waals surface area contributed by atoms with Gasteiger partial charge in [0.1, 0.15) is 0 Å². The topological polar surface area (TPSA) is 23.5 Å². The molecule has 1 N–H and O–H groups in total. The van der Waals surface area contributed by atoms with Gasteiger partial charge in [-0.1, -0.05) is 6.92 Å². The number of hydrogen-bond acceptors (Lipinski definition) is 2. The van der Waals surface area contributed by atoms with Gasteiger partial charge in [0, 0.05) is 19.6 Å². The van der Waals surface area contributed by atoms with Crippen LogP contribution >= 0.6 is 0 Å². The van der Waals surface area contributed by atoms with Crippen LogP contribution in [0.2, 0.25) is 0 Å². The summed E-state index contributed by atoms with van der Waals surface area (Å²) in [6, 6.07) is 0. The molecule has 0 aromatic rings. The summed E-state index contributed by atoms with van der Waals surface area (Å²) in [6.45, 7) is 5.79. The Morgan fingerprint density at radius 1 is 1.13 bits per heavy atom. The van der Waals surface area contributed by atoms with Crippen LogP contribution in [0, 0.1) is 11.3 Å². The molecule has 15 heavy (non-hydrogen) atoms. The fraction of sp³-hybridized carbons (Fsp3) is 1.00. The molecule has 0 aromatic heterocycles. The van der Waals surface area contributed by atoms with Crippen LogP contribution in [-0.2, 0) is 0 Å². The van der Waals surface area contributed by atoms with E-state index in [1.807, 2.05) is 0 Å². The fourth-order valence-electron chi connectivity index (χ4n) is 3.38. The van der Waals surface area contributed by atoms with E-state index >= 15 is 0 Å². The molecule has 2 saturated carbocycles. The third-order valence-corrected chi connectivity index (χ3v) is 4.80. The van der Waals surface area contributed by atoms with Crippen molar-refractivity contribution in [1.82, 2.24) is 4.90 Å². The number of aliphatic hydroxyl groups is 1. The summed E-state index contributed by atoms with van der Waals surface area (Å²) < 4.78 is 0. The molecule has 0 amide bonds. The molecule has 0 atom stereocenters. The Bertz CT molecular complexity index is 243. The van der Waals surface area contributed by atoms with Crippen molar-refractivity contribution in [3.8, 4) is 0 Å². The van der Waals surface area contributed by atoms with Gasteiger partial charge in [0.15, 0.2) is 0 Å². The van der Waals surface area contributed by atoms with Crippen LogP contribution in [0.5, 0.6) is 0 Å². The number of rotatable bonds is 2. The minimum atomic E-state index is -0.344. The lowest BCUT2D eigenvalue weighted by Gasteiger charge is -2.46. The van der Waals surface area contributed by atoms with E-state index in [0.717, 1.165) is 30.7 Å². The number of nitrogens with zero attached hydrogens (tertiary/aromatic N) is 1. The summed E-state index contributed by atoms with van der Waals surface area (Å²) in [4.78, 5) is 2.48. The van der Waals surface area contributed by atoms with Gasteiger partial charge in [-0.15, -0.1) is 0 Å². The van der Waals surface area contributed by atoms with Crippen molar-refractivity contribution < 1.29 is 5.11 Å². The summed E-state index contributed by atoms with van der Waals surface area (Å²) in [5.74, 6) is 0.830. The van der Waals surface area contributed by atoms with Crippen LogP contribution in [0.1, 0.15) is 45.4 Å². The summed E-state index contributed by atoms with van der Waals surface area (Å²) in [5, 5.41) is 10.5. The molecular weight excluding hydrogens is 186 g/mol. The first-order valence-corrected chi connectivity index (χ1v) is 6.54. The summed E-state index contributed by atoms with van der Waals surface area (Å²) in [6.07, 6.45) is 7.37. The lowest BCUT2D eigenvalue weighted by molar-refractivity contribution is -0.0641. The molecule has 3 fully saturated rings. The highest BCUT2D eigenvalue weighted by molar-refractivity contribution is 5.06. The molecule has 0 unspecified atom stereocenters. The molecule has 3 rings (SSSR count). The molecular formula is C13H23NO. The highest BCUT2D eigenvalue weighted by atomic mass is 16.3. The van der Waals surface area contributed by atoms with Crippen molar-refractivity contribution in [1.29, 1.82) is 0 Å². The minimum absolute atomic E-state index is 0.344. The van der Waals surface area contributed by atoms with Crippen LogP contribution in [0.25, 0.3) is 0 Å². The van der Waals surface area contributed by atoms with Crippen molar-refractivity contribution >= 4 is 0 Å². The highest BCUT2D eigenvalue weighted by Gasteiger charge is 2.53. The third-order valence-electron chi connectivity index (χ3n) is 4.80. The van der Waals surface area contributed by atoms with Crippen molar-refractivity contribution in [3.63, 3.8) is 0 Å². The normalized spacial score (nSPS) is 44.0. The maximum atomic E-state index is 10.5. The number of β-amino-alcohol motifs (C(OH)–C–C–N with tert-alkyl or cyclic N) is 1. The smallest absolute Gasteiger partial charge is 0.0774 e. The zero-order valence-electron chi connectivity index (χ0n) is 9.84. The fourth-order valence-corrected chi connectivity index (χ4v) is 3.38. The van der Waals surface area contributed by atoms with Crippen LogP contribution in [0.4, 0.5) is 0 Å². The molecule has 2 aliphatic carbocycles. The van der Waals surface area contributed by atoms with E-state index in [0.29, 0.717) is 0 Å². The standard InChI is InChI=1S/C13H23NO/c1-11-2-4-13(15,5-3-11)10-14-8-12(9-14)6-7-12/h11,15H,2-10H2,1H3. The van der Waals surface area contributed by atoms with Crippen LogP contribution < -0.4 is 0 Å². The monoisotopic (exact) mass is 209 g/mol. The zero-order chi connectivity index (χ0) is 10.5. The second kappa shape index (κ2) is 3.21. The first-order chi connectivity index (χ1) is 7.09. The molecule has 1 saturated heterocycles. The van der Waals surface area contributed by atoms with Gasteiger partial charge in [-0.2, -0.15) is 0 Å². The van der Waals surface area contributed by atoms with Crippen molar-refractivity contribution in [2.75, 3.05) is 19.6 Å². The molecule has 1 heterocycles. The highest BCUT2D eigenvalue weighted by Crippen LogP contribution is 2.53. The zero-order valence-corrected chi connectivity index (χ0v) is 9.84. The Balaban J connectivity index is 1.49. The van der Waals surface area contributed by atoms with E-state index in [4.69, 9.17) is 0 Å². The van der Waals surface area contributed by atoms with Gasteiger partial charge in [0.25, 0.3) is 0 Å². The maximum Gasteiger partial charge on any atom is 0.0774 e. The van der Waals surface area contributed by atoms with E-state index in [-0.39, 0.29) is 5.60 Å². The summed E-state index contributed by atoms with van der Waals surface area (Å²) >= 11 is 0. The molecule has 3 aliphatic rings. The Labute approximate surface area is 92.7 Å². The van der Waals surface area contributed by atoms with Crippen molar-refractivity contribution in [2.24, 2.45) is 11.3 Å². The average molecular weight is 209 g/mol. The Morgan fingerprint density at radius 3 is 2.27 bits per heavy atom. The first-order valence-electron chi connectivity index (χ1n) is 6.54. The summed E-state index contributed by atoms with van der Waals surface area (Å²) in [5.41, 5.74) is 0.390. The average Bonchev–Trinajstić information content (AvgIpc) is 2.90. The molecule has 0 aromatic carbocycles. The Kier molecular flexibility index (Phi) is 2.16. The van der Waals surface area contributed by atoms with Gasteiger partial charge < -0.3 is 5.11 Å². The maximum absolute atomic E-state index is 10.5. The lowest BCUT2D eigenvalue weighted by Crippen LogP contribution is -2.55. The molecule has 1 aliphatic heterocycles. The second-order valence-corrected chi connectivity index (χ2v) is 6.55. The van der Waals surface area contributed by atoms with E-state index in [1.54, 1.807) is 0 Å². The molecule has 2 nitrogen and oxygen atoms in total. The van der Waals surface area contributed by atoms with E-state index in [1.165, 1.54) is 38.8 Å². The van der Waals surface area contributed by atoms with Crippen LogP contribution in [0.3, 0.4) is 0 Å². The Morgan fingerprint density at radius 2 is 1.73 bits per heavy atom. The van der Waals surface area contributed by atoms with Crippen LogP contribution in [-0.4, -0.2) is 35.2 Å². The Hall–Kier alpha value is -0.0800. The van der Waals surface area contributed by atoms with Gasteiger partial charge in [-0.25, -0.2) is 0 Å². The van der Waals surface area contributed by atoms with Crippen molar-refractivity contribution in [2.45, 2.75) is 51.0 Å². The van der Waals surface area contributed by atoms with Crippen molar-refractivity contribution in [3.05, 3.63) is 0 Å². The third kappa shape index (κ3) is 1.94. The lowest BCUT2D eigenvalue weighted by atomic mass is 9.78. The van der Waals surface area contributed by atoms with Gasteiger partial charge in [-0.05, 0) is 49.9 Å². The quantitative estimate of drug-likeness (QED) is 0.752. The second-order valence-electron chi connectivity index (χ2n) is 6.55. The van der Waals surface area contributed by atoms with Crippen LogP contribution in [0.15, 0.2) is 0 Å². The summed E-state index contributed by atoms with van der Waals surface area (Å²) in [7, 11) is 0. The number of likely N-dealkylation sites (tertiary alicyclic amines) is 1. The molecule has 0 radical (unpaired) electrons. The largest absolute Gasteiger partial charge is 0.389 e. The minimum Gasteiger partial charge on any atom is -0.389 e. The van der Waals surface area contributed by atoms with E-state index in [2.05, 4.69) is 11.8 Å². The van der Waals surface area contributed by atoms with E-state index < -0.39 is 0 Å². The SMILES string of the molecule is CC1CCC(O)(CN2CC3(CC3)C2)CC1. The number of hydrogen-bond donors (Lipinski definition) is 1. The predicted molar refractivity (Wildman–Crippen MR) is 60.7 cm³/mol. The van der Waals surface area contributed by atoms with Gasteiger partial charge in [-0.3, -0.25) is 4.90 Å². The van der Waals surface area contributed by atoms with Gasteiger partial charge in [0.2, 0.25) is 0 Å². The van der Waals surface area contributed by atoms with Gasteiger partial charge in [0.05, 0.1) is 5.60 Å². The predicted octanol–water partition coefficient (Wildman–Crippen LogP) is 2.02. The van der Waals surface area contributed by atoms with E-state index in [9.17, 15) is 5.11 Å². The molecule has 0 bridgehead atoms. The first kappa shape index (κ1) is 10.1. The van der Waals surface area contributed by atoms with Gasteiger partial charge >= 0.3 is 0 Å². The molecule has 86 valence electrons. The molecule has 2 heteroatoms.